The van der Waals surface area contributed by atoms with Gasteiger partial charge < -0.3 is 15.1 Å². The standard InChI is InChI=1S/C28H21F5N4O3/c1-14(13-34)36-25(38)19-11-16(5-8-21(19)30)18-12-20-23(26(39)35-2)24(15-3-6-17(29)7-4-15)40-27(20)37-22(18)9-10-28(31,32)33/h3-8,11-12,14H,9-10H2,1-2H3,(H,35,39)(H,36,38). The van der Waals surface area contributed by atoms with Crippen molar-refractivity contribution >= 4 is 22.9 Å². The zero-order valence-corrected chi connectivity index (χ0v) is 21.1. The molecular weight excluding hydrogens is 535 g/mol. The molecule has 0 spiro atoms. The molecule has 1 atom stereocenters. The molecule has 2 heterocycles. The van der Waals surface area contributed by atoms with E-state index in [2.05, 4.69) is 15.6 Å². The van der Waals surface area contributed by atoms with Gasteiger partial charge in [-0.3, -0.25) is 9.59 Å². The molecule has 206 valence electrons. The third-order valence-corrected chi connectivity index (χ3v) is 6.03. The van der Waals surface area contributed by atoms with Gasteiger partial charge in [0.2, 0.25) is 5.71 Å². The number of benzene rings is 2. The van der Waals surface area contributed by atoms with Crippen LogP contribution in [0.5, 0.6) is 0 Å². The van der Waals surface area contributed by atoms with Gasteiger partial charge in [0.1, 0.15) is 23.4 Å². The number of rotatable bonds is 7. The predicted octanol–water partition coefficient (Wildman–Crippen LogP) is 5.94. The van der Waals surface area contributed by atoms with Gasteiger partial charge >= 0.3 is 6.18 Å². The van der Waals surface area contributed by atoms with Crippen molar-refractivity contribution in [3.63, 3.8) is 0 Å². The van der Waals surface area contributed by atoms with Gasteiger partial charge in [0.15, 0.2) is 0 Å². The van der Waals surface area contributed by atoms with E-state index in [-0.39, 0.29) is 39.2 Å². The lowest BCUT2D eigenvalue weighted by molar-refractivity contribution is -0.134. The summed E-state index contributed by atoms with van der Waals surface area (Å²) in [4.78, 5) is 29.8. The maximum absolute atomic E-state index is 14.6. The van der Waals surface area contributed by atoms with Crippen molar-refractivity contribution in [2.24, 2.45) is 0 Å². The largest absolute Gasteiger partial charge is 0.437 e. The van der Waals surface area contributed by atoms with Crippen LogP contribution in [-0.2, 0) is 6.42 Å². The van der Waals surface area contributed by atoms with Crippen LogP contribution in [0.4, 0.5) is 22.0 Å². The van der Waals surface area contributed by atoms with E-state index in [0.29, 0.717) is 5.56 Å². The van der Waals surface area contributed by atoms with E-state index in [4.69, 9.17) is 9.68 Å². The van der Waals surface area contributed by atoms with Gasteiger partial charge in [-0.05, 0) is 61.4 Å². The molecule has 0 saturated heterocycles. The fraction of sp³-hybridized carbons (Fsp3) is 0.214. The summed E-state index contributed by atoms with van der Waals surface area (Å²) in [5.41, 5.74) is -0.0669. The van der Waals surface area contributed by atoms with E-state index in [9.17, 15) is 31.5 Å². The van der Waals surface area contributed by atoms with Gasteiger partial charge in [-0.25, -0.2) is 13.8 Å². The van der Waals surface area contributed by atoms with E-state index in [1.165, 1.54) is 38.2 Å². The Kier molecular flexibility index (Phi) is 7.86. The van der Waals surface area contributed by atoms with Crippen LogP contribution in [-0.4, -0.2) is 36.1 Å². The van der Waals surface area contributed by atoms with E-state index in [1.807, 2.05) is 0 Å². The number of alkyl halides is 3. The normalized spacial score (nSPS) is 12.2. The first kappa shape index (κ1) is 28.2. The van der Waals surface area contributed by atoms with E-state index in [0.717, 1.165) is 24.3 Å². The Morgan fingerprint density at radius 1 is 1.05 bits per heavy atom. The number of aromatic nitrogens is 1. The van der Waals surface area contributed by atoms with Gasteiger partial charge in [-0.15, -0.1) is 0 Å². The molecule has 2 aromatic carbocycles. The maximum atomic E-state index is 14.6. The molecule has 0 aliphatic rings. The van der Waals surface area contributed by atoms with E-state index in [1.54, 1.807) is 6.07 Å². The number of hydrogen-bond acceptors (Lipinski definition) is 5. The molecule has 0 fully saturated rings. The number of nitriles is 1. The number of fused-ring (bicyclic) bond motifs is 1. The second kappa shape index (κ2) is 11.1. The summed E-state index contributed by atoms with van der Waals surface area (Å²) < 4.78 is 73.5. The van der Waals surface area contributed by atoms with E-state index < -0.39 is 54.1 Å². The molecule has 2 aromatic heterocycles. The highest BCUT2D eigenvalue weighted by Crippen LogP contribution is 2.37. The number of amides is 2. The zero-order chi connectivity index (χ0) is 29.2. The lowest BCUT2D eigenvalue weighted by Crippen LogP contribution is -2.31. The van der Waals surface area contributed by atoms with Crippen molar-refractivity contribution in [2.75, 3.05) is 7.05 Å². The third-order valence-electron chi connectivity index (χ3n) is 6.03. The molecule has 7 nitrogen and oxygen atoms in total. The van der Waals surface area contributed by atoms with Crippen LogP contribution in [0.3, 0.4) is 0 Å². The Balaban J connectivity index is 1.96. The molecule has 12 heteroatoms. The number of carbonyl (C=O) groups is 2. The third kappa shape index (κ3) is 5.93. The Labute approximate surface area is 224 Å². The SMILES string of the molecule is CNC(=O)c1c(-c2ccc(F)cc2)oc2nc(CCC(F)(F)F)c(-c3ccc(F)c(C(=O)NC(C)C#N)c3)cc12. The summed E-state index contributed by atoms with van der Waals surface area (Å²) in [6, 6.07) is 10.7. The molecule has 0 radical (unpaired) electrons. The molecule has 4 aromatic rings. The van der Waals surface area contributed by atoms with Crippen LogP contribution in [0, 0.1) is 23.0 Å². The highest BCUT2D eigenvalue weighted by Gasteiger charge is 2.29. The van der Waals surface area contributed by atoms with Crippen LogP contribution in [0.15, 0.2) is 52.9 Å². The molecular formula is C28H21F5N4O3. The van der Waals surface area contributed by atoms with Crippen LogP contribution in [0.25, 0.3) is 33.6 Å². The molecule has 0 saturated carbocycles. The monoisotopic (exact) mass is 556 g/mol. The second-order valence-corrected chi connectivity index (χ2v) is 8.86. The highest BCUT2D eigenvalue weighted by atomic mass is 19.4. The molecule has 0 aliphatic carbocycles. The van der Waals surface area contributed by atoms with Gasteiger partial charge in [-0.2, -0.15) is 18.4 Å². The van der Waals surface area contributed by atoms with Crippen molar-refractivity contribution in [1.82, 2.24) is 15.6 Å². The van der Waals surface area contributed by atoms with Crippen molar-refractivity contribution < 1.29 is 36.0 Å². The first-order valence-corrected chi connectivity index (χ1v) is 11.9. The number of pyridine rings is 1. The summed E-state index contributed by atoms with van der Waals surface area (Å²) in [5, 5.41) is 13.9. The Morgan fingerprint density at radius 3 is 2.35 bits per heavy atom. The number of halogens is 5. The average molecular weight is 556 g/mol. The van der Waals surface area contributed by atoms with Crippen molar-refractivity contribution in [3.05, 3.63) is 77.0 Å². The summed E-state index contributed by atoms with van der Waals surface area (Å²) in [7, 11) is 1.37. The quantitative estimate of drug-likeness (QED) is 0.274. The number of carbonyl (C=O) groups excluding carboxylic acids is 2. The van der Waals surface area contributed by atoms with Crippen molar-refractivity contribution in [2.45, 2.75) is 32.0 Å². The zero-order valence-electron chi connectivity index (χ0n) is 21.1. The lowest BCUT2D eigenvalue weighted by Gasteiger charge is -2.13. The predicted molar refractivity (Wildman–Crippen MR) is 135 cm³/mol. The van der Waals surface area contributed by atoms with Crippen LogP contribution >= 0.6 is 0 Å². The molecule has 0 aliphatic heterocycles. The first-order chi connectivity index (χ1) is 18.9. The van der Waals surface area contributed by atoms with E-state index >= 15 is 0 Å². The van der Waals surface area contributed by atoms with Gasteiger partial charge in [0.25, 0.3) is 11.8 Å². The van der Waals surface area contributed by atoms with Crippen LogP contribution in [0.2, 0.25) is 0 Å². The molecule has 2 amide bonds. The van der Waals surface area contributed by atoms with Gasteiger partial charge in [0.05, 0.1) is 28.3 Å². The summed E-state index contributed by atoms with van der Waals surface area (Å²) in [5.74, 6) is -2.92. The minimum Gasteiger partial charge on any atom is -0.437 e. The molecule has 4 rings (SSSR count). The number of furan rings is 1. The van der Waals surface area contributed by atoms with Gasteiger partial charge in [0, 0.05) is 24.6 Å². The molecule has 0 bridgehead atoms. The number of nitrogens with one attached hydrogen (secondary N) is 2. The fourth-order valence-electron chi connectivity index (χ4n) is 4.09. The second-order valence-electron chi connectivity index (χ2n) is 8.86. The van der Waals surface area contributed by atoms with Crippen molar-refractivity contribution in [1.29, 1.82) is 5.26 Å². The number of hydrogen-bond donors (Lipinski definition) is 2. The fourth-order valence-corrected chi connectivity index (χ4v) is 4.09. The van der Waals surface area contributed by atoms with Crippen LogP contribution < -0.4 is 10.6 Å². The molecule has 40 heavy (non-hydrogen) atoms. The summed E-state index contributed by atoms with van der Waals surface area (Å²) in [6.07, 6.45) is -6.34. The number of nitrogens with zero attached hydrogens (tertiary/aromatic N) is 2. The Bertz CT molecular complexity index is 1640. The molecule has 1 unspecified atom stereocenters. The Morgan fingerprint density at radius 2 is 1.73 bits per heavy atom. The average Bonchev–Trinajstić information content (AvgIpc) is 3.29. The lowest BCUT2D eigenvalue weighted by atomic mass is 9.96. The summed E-state index contributed by atoms with van der Waals surface area (Å²) >= 11 is 0. The molecule has 2 N–H and O–H groups in total. The smallest absolute Gasteiger partial charge is 0.389 e. The maximum Gasteiger partial charge on any atom is 0.389 e. The first-order valence-electron chi connectivity index (χ1n) is 11.9. The minimum absolute atomic E-state index is 0.00292. The van der Waals surface area contributed by atoms with Crippen LogP contribution in [0.1, 0.15) is 39.8 Å². The highest BCUT2D eigenvalue weighted by molar-refractivity contribution is 6.11. The van der Waals surface area contributed by atoms with Crippen molar-refractivity contribution in [3.8, 4) is 28.5 Å². The topological polar surface area (TPSA) is 108 Å². The minimum atomic E-state index is -4.52. The number of aryl methyl sites for hydroxylation is 1. The summed E-state index contributed by atoms with van der Waals surface area (Å²) in [6.45, 7) is 1.39. The van der Waals surface area contributed by atoms with Gasteiger partial charge in [-0.1, -0.05) is 6.07 Å². The Hall–Kier alpha value is -4.79.